The van der Waals surface area contributed by atoms with Crippen LogP contribution in [0.5, 0.6) is 0 Å². The zero-order valence-electron chi connectivity index (χ0n) is 19.9. The monoisotopic (exact) mass is 556 g/mol. The highest BCUT2D eigenvalue weighted by atomic mass is 35.5. The van der Waals surface area contributed by atoms with Gasteiger partial charge in [0.2, 0.25) is 5.95 Å². The average molecular weight is 557 g/mol. The van der Waals surface area contributed by atoms with E-state index in [2.05, 4.69) is 20.4 Å². The number of nitrogens with one attached hydrogen (secondary N) is 1. The lowest BCUT2D eigenvalue weighted by Crippen LogP contribution is -2.58. The Morgan fingerprint density at radius 2 is 2.11 bits per heavy atom. The van der Waals surface area contributed by atoms with Crippen LogP contribution in [0.1, 0.15) is 32.4 Å². The summed E-state index contributed by atoms with van der Waals surface area (Å²) >= 11 is 14.3. The number of hydrogen-bond donors (Lipinski definition) is 2. The topological polar surface area (TPSA) is 105 Å². The molecule has 6 rings (SSSR count). The molecule has 190 valence electrons. The third-order valence-corrected chi connectivity index (χ3v) is 8.89. The Labute approximate surface area is 226 Å². The number of halogens is 2. The summed E-state index contributed by atoms with van der Waals surface area (Å²) in [4.78, 5) is 26.4. The summed E-state index contributed by atoms with van der Waals surface area (Å²) in [7, 11) is 1.81. The number of anilines is 2. The predicted molar refractivity (Wildman–Crippen MR) is 142 cm³/mol. The van der Waals surface area contributed by atoms with Crippen LogP contribution in [0, 0.1) is 6.92 Å². The van der Waals surface area contributed by atoms with E-state index in [1.807, 2.05) is 32.2 Å². The van der Waals surface area contributed by atoms with E-state index < -0.39 is 11.6 Å². The van der Waals surface area contributed by atoms with Crippen LogP contribution in [0.4, 0.5) is 11.8 Å². The maximum absolute atomic E-state index is 14.0. The van der Waals surface area contributed by atoms with E-state index in [0.717, 1.165) is 26.7 Å². The summed E-state index contributed by atoms with van der Waals surface area (Å²) in [6.07, 6.45) is 3.22. The summed E-state index contributed by atoms with van der Waals surface area (Å²) in [5.74, 6) is 0.939. The van der Waals surface area contributed by atoms with E-state index in [1.54, 1.807) is 34.1 Å². The highest BCUT2D eigenvalue weighted by molar-refractivity contribution is 7.16. The molecule has 0 radical (unpaired) electrons. The molecule has 2 N–H and O–H groups in total. The standard InChI is InChI=1S/C25H22Cl2N6O3S/c1-13-19-22(37-21(13)20-16(27)9-28-24(31-20)30-18-6-7-29-32(18)2)25(11-36-12-25)33(23(19)35)17(10-34)14-4-3-5-15(26)8-14/h3-9,17,34H,10-12H2,1-2H3,(H,28,30,31). The summed E-state index contributed by atoms with van der Waals surface area (Å²) in [6, 6.07) is 8.49. The van der Waals surface area contributed by atoms with Crippen molar-refractivity contribution in [3.8, 4) is 10.6 Å². The largest absolute Gasteiger partial charge is 0.394 e. The first kappa shape index (κ1) is 24.3. The van der Waals surface area contributed by atoms with Crippen molar-refractivity contribution in [2.45, 2.75) is 18.5 Å². The van der Waals surface area contributed by atoms with Crippen molar-refractivity contribution in [1.29, 1.82) is 0 Å². The van der Waals surface area contributed by atoms with Gasteiger partial charge in [-0.05, 0) is 30.2 Å². The average Bonchev–Trinajstić information content (AvgIpc) is 3.49. The Hall–Kier alpha value is -3.02. The molecule has 9 nitrogen and oxygen atoms in total. The number of fused-ring (bicyclic) bond motifs is 2. The fourth-order valence-electron chi connectivity index (χ4n) is 5.00. The lowest BCUT2D eigenvalue weighted by molar-refractivity contribution is -0.139. The highest BCUT2D eigenvalue weighted by Gasteiger charge is 2.59. The molecule has 4 aromatic rings. The van der Waals surface area contributed by atoms with Gasteiger partial charge in [-0.1, -0.05) is 35.3 Å². The number of carbonyl (C=O) groups excluding carboxylic acids is 1. The fourth-order valence-corrected chi connectivity index (χ4v) is 6.90. The number of nitrogens with zero attached hydrogens (tertiary/aromatic N) is 5. The number of thiophene rings is 1. The number of aliphatic hydroxyl groups is 1. The van der Waals surface area contributed by atoms with Gasteiger partial charge in [0.1, 0.15) is 17.1 Å². The molecule has 1 unspecified atom stereocenters. The van der Waals surface area contributed by atoms with Gasteiger partial charge in [-0.15, -0.1) is 11.3 Å². The molecule has 0 aliphatic carbocycles. The fraction of sp³-hybridized carbons (Fsp3) is 0.280. The lowest BCUT2D eigenvalue weighted by Gasteiger charge is -2.48. The quantitative estimate of drug-likeness (QED) is 0.354. The second-order valence-corrected chi connectivity index (χ2v) is 10.9. The molecular formula is C25H22Cl2N6O3S. The minimum absolute atomic E-state index is 0.157. The van der Waals surface area contributed by atoms with E-state index in [0.29, 0.717) is 40.5 Å². The van der Waals surface area contributed by atoms with E-state index in [1.165, 1.54) is 11.3 Å². The molecule has 5 heterocycles. The van der Waals surface area contributed by atoms with Crippen LogP contribution in [-0.2, 0) is 17.3 Å². The van der Waals surface area contributed by atoms with Crippen molar-refractivity contribution >= 4 is 52.2 Å². The Balaban J connectivity index is 1.42. The van der Waals surface area contributed by atoms with E-state index in [9.17, 15) is 9.90 Å². The van der Waals surface area contributed by atoms with Gasteiger partial charge in [0.25, 0.3) is 5.91 Å². The maximum Gasteiger partial charge on any atom is 0.256 e. The third-order valence-electron chi connectivity index (χ3n) is 6.88. The van der Waals surface area contributed by atoms with Crippen LogP contribution in [0.15, 0.2) is 42.7 Å². The van der Waals surface area contributed by atoms with Crippen molar-refractivity contribution in [2.75, 3.05) is 25.1 Å². The molecule has 3 aromatic heterocycles. The molecule has 1 atom stereocenters. The summed E-state index contributed by atoms with van der Waals surface area (Å²) in [6.45, 7) is 2.34. The highest BCUT2D eigenvalue weighted by Crippen LogP contribution is 2.55. The lowest BCUT2D eigenvalue weighted by atomic mass is 9.92. The first-order chi connectivity index (χ1) is 17.8. The predicted octanol–water partition coefficient (Wildman–Crippen LogP) is 4.71. The molecule has 1 spiro atoms. The number of amides is 1. The minimum atomic E-state index is -0.675. The van der Waals surface area contributed by atoms with Gasteiger partial charge in [0, 0.05) is 23.0 Å². The van der Waals surface area contributed by atoms with Crippen LogP contribution in [-0.4, -0.2) is 55.5 Å². The Kier molecular flexibility index (Phi) is 5.96. The molecule has 12 heteroatoms. The number of hydrogen-bond acceptors (Lipinski definition) is 8. The van der Waals surface area contributed by atoms with Crippen molar-refractivity contribution in [1.82, 2.24) is 24.6 Å². The molecule has 1 aromatic carbocycles. The smallest absolute Gasteiger partial charge is 0.256 e. The number of rotatable bonds is 6. The summed E-state index contributed by atoms with van der Waals surface area (Å²) in [5, 5.41) is 18.6. The van der Waals surface area contributed by atoms with Gasteiger partial charge in [-0.2, -0.15) is 5.10 Å². The Bertz CT molecular complexity index is 1530. The molecule has 2 aliphatic rings. The third kappa shape index (κ3) is 3.74. The molecule has 1 fully saturated rings. The number of aryl methyl sites for hydroxylation is 1. The Morgan fingerprint density at radius 1 is 1.30 bits per heavy atom. The van der Waals surface area contributed by atoms with E-state index in [-0.39, 0.29) is 12.5 Å². The van der Waals surface area contributed by atoms with Crippen molar-refractivity contribution in [3.05, 3.63) is 74.3 Å². The van der Waals surface area contributed by atoms with Crippen molar-refractivity contribution in [2.24, 2.45) is 7.05 Å². The van der Waals surface area contributed by atoms with Gasteiger partial charge in [0.05, 0.1) is 53.7 Å². The molecular weight excluding hydrogens is 535 g/mol. The maximum atomic E-state index is 14.0. The van der Waals surface area contributed by atoms with E-state index in [4.69, 9.17) is 27.9 Å². The van der Waals surface area contributed by atoms with Crippen LogP contribution in [0.3, 0.4) is 0 Å². The van der Waals surface area contributed by atoms with Crippen LogP contribution < -0.4 is 5.32 Å². The summed E-state index contributed by atoms with van der Waals surface area (Å²) < 4.78 is 7.33. The zero-order chi connectivity index (χ0) is 25.9. The van der Waals surface area contributed by atoms with Crippen LogP contribution in [0.2, 0.25) is 10.0 Å². The molecule has 37 heavy (non-hydrogen) atoms. The number of carbonyl (C=O) groups is 1. The normalized spacial score (nSPS) is 16.7. The van der Waals surface area contributed by atoms with Gasteiger partial charge < -0.3 is 20.1 Å². The molecule has 0 bridgehead atoms. The number of aliphatic hydroxyl groups excluding tert-OH is 1. The zero-order valence-corrected chi connectivity index (χ0v) is 22.2. The number of aromatic nitrogens is 4. The van der Waals surface area contributed by atoms with Crippen molar-refractivity contribution < 1.29 is 14.6 Å². The second-order valence-electron chi connectivity index (χ2n) is 9.07. The van der Waals surface area contributed by atoms with Gasteiger partial charge in [-0.3, -0.25) is 9.48 Å². The van der Waals surface area contributed by atoms with Crippen LogP contribution >= 0.6 is 34.5 Å². The SMILES string of the molecule is Cc1c(-c2nc(Nc3ccnn3C)ncc2Cl)sc2c1C(=O)N(C(CO)c1cccc(Cl)c1)C21COC1. The van der Waals surface area contributed by atoms with Gasteiger partial charge >= 0.3 is 0 Å². The molecule has 0 saturated carbocycles. The first-order valence-corrected chi connectivity index (χ1v) is 13.1. The van der Waals surface area contributed by atoms with Crippen LogP contribution in [0.25, 0.3) is 10.6 Å². The van der Waals surface area contributed by atoms with E-state index >= 15 is 0 Å². The number of benzene rings is 1. The van der Waals surface area contributed by atoms with Crippen molar-refractivity contribution in [3.63, 3.8) is 0 Å². The summed E-state index contributed by atoms with van der Waals surface area (Å²) in [5.41, 5.74) is 2.03. The molecule has 2 aliphatic heterocycles. The van der Waals surface area contributed by atoms with Gasteiger partial charge in [-0.25, -0.2) is 9.97 Å². The number of ether oxygens (including phenoxy) is 1. The minimum Gasteiger partial charge on any atom is -0.394 e. The molecule has 1 saturated heterocycles. The molecule has 1 amide bonds. The second kappa shape index (κ2) is 9.07. The Morgan fingerprint density at radius 3 is 2.76 bits per heavy atom. The first-order valence-electron chi connectivity index (χ1n) is 11.5. The van der Waals surface area contributed by atoms with Gasteiger partial charge in [0.15, 0.2) is 0 Å².